The van der Waals surface area contributed by atoms with Crippen molar-refractivity contribution in [2.24, 2.45) is 5.92 Å². The van der Waals surface area contributed by atoms with Crippen LogP contribution in [0.2, 0.25) is 0 Å². The summed E-state index contributed by atoms with van der Waals surface area (Å²) in [6.45, 7) is 2.26. The van der Waals surface area contributed by atoms with Gasteiger partial charge in [0.15, 0.2) is 0 Å². The summed E-state index contributed by atoms with van der Waals surface area (Å²) in [6.07, 6.45) is 2.38. The van der Waals surface area contributed by atoms with Crippen LogP contribution in [0.3, 0.4) is 0 Å². The molecule has 1 fully saturated rings. The number of hydrogen-bond donors (Lipinski definition) is 1. The summed E-state index contributed by atoms with van der Waals surface area (Å²) in [4.78, 5) is 24.7. The SMILES string of the molecule is COc1cc(CC(=O)N(CC(=O)O)CC2CC2)ccc1C. The molecule has 0 spiro atoms. The third-order valence-electron chi connectivity index (χ3n) is 3.68. The van der Waals surface area contributed by atoms with Crippen LogP contribution in [0.15, 0.2) is 18.2 Å². The van der Waals surface area contributed by atoms with E-state index in [2.05, 4.69) is 0 Å². The van der Waals surface area contributed by atoms with Gasteiger partial charge in [0.2, 0.25) is 5.91 Å². The number of carbonyl (C=O) groups is 2. The van der Waals surface area contributed by atoms with Crippen molar-refractivity contribution in [1.29, 1.82) is 0 Å². The Morgan fingerprint density at radius 2 is 2.10 bits per heavy atom. The Labute approximate surface area is 124 Å². The molecule has 0 atom stereocenters. The second-order valence-electron chi connectivity index (χ2n) is 5.59. The fourth-order valence-corrected chi connectivity index (χ4v) is 2.29. The van der Waals surface area contributed by atoms with Gasteiger partial charge in [-0.3, -0.25) is 9.59 Å². The van der Waals surface area contributed by atoms with Crippen molar-refractivity contribution < 1.29 is 19.4 Å². The number of carbonyl (C=O) groups excluding carboxylic acids is 1. The zero-order valence-corrected chi connectivity index (χ0v) is 12.5. The number of benzene rings is 1. The lowest BCUT2D eigenvalue weighted by molar-refractivity contribution is -0.144. The van der Waals surface area contributed by atoms with E-state index in [0.717, 1.165) is 29.7 Å². The molecule has 5 heteroatoms. The molecule has 1 aromatic carbocycles. The summed E-state index contributed by atoms with van der Waals surface area (Å²) in [5.41, 5.74) is 1.85. The fourth-order valence-electron chi connectivity index (χ4n) is 2.29. The standard InChI is InChI=1S/C16H21NO4/c1-11-3-4-13(7-14(11)21-2)8-15(18)17(10-16(19)20)9-12-5-6-12/h3-4,7,12H,5-6,8-10H2,1-2H3,(H,19,20). The number of methoxy groups -OCH3 is 1. The van der Waals surface area contributed by atoms with Crippen LogP contribution in [0.5, 0.6) is 5.75 Å². The van der Waals surface area contributed by atoms with Gasteiger partial charge in [-0.05, 0) is 42.9 Å². The minimum atomic E-state index is -0.967. The first-order valence-electron chi connectivity index (χ1n) is 7.12. The van der Waals surface area contributed by atoms with E-state index in [1.54, 1.807) is 7.11 Å². The predicted molar refractivity (Wildman–Crippen MR) is 78.4 cm³/mol. The van der Waals surface area contributed by atoms with E-state index in [0.29, 0.717) is 12.5 Å². The Bertz CT molecular complexity index is 537. The van der Waals surface area contributed by atoms with Gasteiger partial charge < -0.3 is 14.7 Å². The molecule has 1 aromatic rings. The molecule has 0 heterocycles. The number of carboxylic acid groups (broad SMARTS) is 1. The van der Waals surface area contributed by atoms with Crippen molar-refractivity contribution in [3.05, 3.63) is 29.3 Å². The van der Waals surface area contributed by atoms with Gasteiger partial charge >= 0.3 is 5.97 Å². The maximum absolute atomic E-state index is 12.3. The van der Waals surface area contributed by atoms with Crippen LogP contribution in [-0.4, -0.2) is 42.1 Å². The minimum absolute atomic E-state index is 0.143. The van der Waals surface area contributed by atoms with Gasteiger partial charge in [0.05, 0.1) is 13.5 Å². The van der Waals surface area contributed by atoms with Crippen molar-refractivity contribution in [1.82, 2.24) is 4.90 Å². The Morgan fingerprint density at radius 3 is 2.67 bits per heavy atom. The number of aliphatic carboxylic acids is 1. The van der Waals surface area contributed by atoms with Gasteiger partial charge in [-0.25, -0.2) is 0 Å². The van der Waals surface area contributed by atoms with Crippen molar-refractivity contribution >= 4 is 11.9 Å². The zero-order valence-electron chi connectivity index (χ0n) is 12.5. The number of hydrogen-bond acceptors (Lipinski definition) is 3. The van der Waals surface area contributed by atoms with Gasteiger partial charge in [0.1, 0.15) is 12.3 Å². The molecule has 1 aliphatic rings. The first-order valence-corrected chi connectivity index (χ1v) is 7.12. The number of amides is 1. The fraction of sp³-hybridized carbons (Fsp3) is 0.500. The van der Waals surface area contributed by atoms with Crippen LogP contribution in [0, 0.1) is 12.8 Å². The maximum atomic E-state index is 12.3. The molecule has 1 N–H and O–H groups in total. The van der Waals surface area contributed by atoms with Crippen molar-refractivity contribution in [3.8, 4) is 5.75 Å². The molecule has 0 aliphatic heterocycles. The van der Waals surface area contributed by atoms with Gasteiger partial charge in [-0.2, -0.15) is 0 Å². The van der Waals surface area contributed by atoms with Crippen molar-refractivity contribution in [3.63, 3.8) is 0 Å². The van der Waals surface area contributed by atoms with E-state index in [4.69, 9.17) is 9.84 Å². The van der Waals surface area contributed by atoms with Crippen molar-refractivity contribution in [2.75, 3.05) is 20.2 Å². The molecule has 1 amide bonds. The zero-order chi connectivity index (χ0) is 15.4. The largest absolute Gasteiger partial charge is 0.496 e. The summed E-state index contributed by atoms with van der Waals surface area (Å²) >= 11 is 0. The molecule has 0 unspecified atom stereocenters. The molecule has 21 heavy (non-hydrogen) atoms. The van der Waals surface area contributed by atoms with Crippen LogP contribution < -0.4 is 4.74 Å². The van der Waals surface area contributed by atoms with Crippen LogP contribution in [0.4, 0.5) is 0 Å². The third-order valence-corrected chi connectivity index (χ3v) is 3.68. The van der Waals surface area contributed by atoms with E-state index in [9.17, 15) is 9.59 Å². The van der Waals surface area contributed by atoms with Crippen LogP contribution in [-0.2, 0) is 16.0 Å². The highest BCUT2D eigenvalue weighted by Gasteiger charge is 2.27. The minimum Gasteiger partial charge on any atom is -0.496 e. The van der Waals surface area contributed by atoms with Crippen LogP contribution in [0.1, 0.15) is 24.0 Å². The smallest absolute Gasteiger partial charge is 0.323 e. The molecule has 0 bridgehead atoms. The Balaban J connectivity index is 2.04. The number of ether oxygens (including phenoxy) is 1. The first-order chi connectivity index (χ1) is 9.99. The first kappa shape index (κ1) is 15.4. The molecule has 0 radical (unpaired) electrons. The molecular weight excluding hydrogens is 270 g/mol. The van der Waals surface area contributed by atoms with Crippen LogP contribution in [0.25, 0.3) is 0 Å². The van der Waals surface area contributed by atoms with E-state index in [1.807, 2.05) is 25.1 Å². The molecule has 0 saturated heterocycles. The molecule has 1 aliphatic carbocycles. The Kier molecular flexibility index (Phi) is 4.83. The van der Waals surface area contributed by atoms with Gasteiger partial charge in [-0.1, -0.05) is 12.1 Å². The average molecular weight is 291 g/mol. The summed E-state index contributed by atoms with van der Waals surface area (Å²) in [6, 6.07) is 5.62. The second-order valence-corrected chi connectivity index (χ2v) is 5.59. The Hall–Kier alpha value is -2.04. The Morgan fingerprint density at radius 1 is 1.38 bits per heavy atom. The number of aryl methyl sites for hydroxylation is 1. The van der Waals surface area contributed by atoms with Gasteiger partial charge in [0, 0.05) is 6.54 Å². The quantitative estimate of drug-likeness (QED) is 0.833. The highest BCUT2D eigenvalue weighted by atomic mass is 16.5. The maximum Gasteiger partial charge on any atom is 0.323 e. The normalized spacial score (nSPS) is 13.8. The van der Waals surface area contributed by atoms with E-state index >= 15 is 0 Å². The third kappa shape index (κ3) is 4.48. The lowest BCUT2D eigenvalue weighted by atomic mass is 10.1. The summed E-state index contributed by atoms with van der Waals surface area (Å²) in [5, 5.41) is 8.94. The summed E-state index contributed by atoms with van der Waals surface area (Å²) < 4.78 is 5.25. The summed E-state index contributed by atoms with van der Waals surface area (Å²) in [7, 11) is 1.60. The second kappa shape index (κ2) is 6.61. The monoisotopic (exact) mass is 291 g/mol. The molecule has 5 nitrogen and oxygen atoms in total. The lowest BCUT2D eigenvalue weighted by Gasteiger charge is -2.20. The van der Waals surface area contributed by atoms with Gasteiger partial charge in [0.25, 0.3) is 0 Å². The number of carboxylic acids is 1. The van der Waals surface area contributed by atoms with Crippen molar-refractivity contribution in [2.45, 2.75) is 26.2 Å². The lowest BCUT2D eigenvalue weighted by Crippen LogP contribution is -2.38. The molecule has 0 aromatic heterocycles. The van der Waals surface area contributed by atoms with E-state index < -0.39 is 5.97 Å². The molecule has 1 saturated carbocycles. The average Bonchev–Trinajstić information content (AvgIpc) is 3.23. The van der Waals surface area contributed by atoms with Gasteiger partial charge in [-0.15, -0.1) is 0 Å². The van der Waals surface area contributed by atoms with E-state index in [-0.39, 0.29) is 18.9 Å². The topological polar surface area (TPSA) is 66.8 Å². The van der Waals surface area contributed by atoms with Crippen LogP contribution >= 0.6 is 0 Å². The molecule has 114 valence electrons. The summed E-state index contributed by atoms with van der Waals surface area (Å²) in [5.74, 6) is 0.105. The predicted octanol–water partition coefficient (Wildman–Crippen LogP) is 1.87. The van der Waals surface area contributed by atoms with E-state index in [1.165, 1.54) is 4.90 Å². The molecular formula is C16H21NO4. The number of rotatable bonds is 7. The highest BCUT2D eigenvalue weighted by Crippen LogP contribution is 2.30. The number of nitrogens with zero attached hydrogens (tertiary/aromatic N) is 1. The highest BCUT2D eigenvalue weighted by molar-refractivity contribution is 5.83. The molecule has 2 rings (SSSR count).